The van der Waals surface area contributed by atoms with E-state index < -0.39 is 0 Å². The van der Waals surface area contributed by atoms with Gasteiger partial charge >= 0.3 is 0 Å². The van der Waals surface area contributed by atoms with Gasteiger partial charge in [-0.1, -0.05) is 6.92 Å². The van der Waals surface area contributed by atoms with Gasteiger partial charge in [-0.25, -0.2) is 0 Å². The van der Waals surface area contributed by atoms with Gasteiger partial charge in [0.05, 0.1) is 0 Å². The molecule has 0 unspecified atom stereocenters. The summed E-state index contributed by atoms with van der Waals surface area (Å²) in [5.74, 6) is -0.376. The van der Waals surface area contributed by atoms with Crippen LogP contribution in [0, 0.1) is 0 Å². The molecule has 1 fully saturated rings. The number of nitrogens with two attached hydrogens (primary N) is 1. The molecular formula is C15H23N3O. The zero-order valence-electron chi connectivity index (χ0n) is 11.6. The molecule has 0 spiro atoms. The maximum absolute atomic E-state index is 11.0. The first-order valence-electron chi connectivity index (χ1n) is 7.08. The average Bonchev–Trinajstić information content (AvgIpc) is 2.42. The maximum atomic E-state index is 11.0. The first-order chi connectivity index (χ1) is 9.19. The molecule has 0 aliphatic carbocycles. The van der Waals surface area contributed by atoms with Crippen LogP contribution in [0.3, 0.4) is 0 Å². The average molecular weight is 261 g/mol. The van der Waals surface area contributed by atoms with Gasteiger partial charge in [-0.05, 0) is 50.1 Å². The molecule has 1 amide bonds. The number of nitrogens with zero attached hydrogens (tertiary/aromatic N) is 1. The number of rotatable bonds is 5. The molecule has 0 bridgehead atoms. The lowest BCUT2D eigenvalue weighted by Crippen LogP contribution is -2.39. The normalized spacial score (nSPS) is 17.3. The van der Waals surface area contributed by atoms with Crippen LogP contribution in [0.4, 0.5) is 5.69 Å². The topological polar surface area (TPSA) is 58.4 Å². The molecule has 1 aromatic carbocycles. The van der Waals surface area contributed by atoms with E-state index >= 15 is 0 Å². The van der Waals surface area contributed by atoms with Crippen molar-refractivity contribution in [1.29, 1.82) is 0 Å². The lowest BCUT2D eigenvalue weighted by molar-refractivity contribution is 0.100. The second kappa shape index (κ2) is 6.57. The summed E-state index contributed by atoms with van der Waals surface area (Å²) in [6.45, 7) is 5.78. The number of amides is 1. The van der Waals surface area contributed by atoms with E-state index in [9.17, 15) is 4.79 Å². The van der Waals surface area contributed by atoms with Crippen LogP contribution in [0.25, 0.3) is 0 Å². The first kappa shape index (κ1) is 13.9. The Kier molecular flexibility index (Phi) is 4.80. The Morgan fingerprint density at radius 2 is 1.95 bits per heavy atom. The summed E-state index contributed by atoms with van der Waals surface area (Å²) < 4.78 is 0. The number of carbonyl (C=O) groups excluding carboxylic acids is 1. The standard InChI is InChI=1S/C15H23N3O/c1-2-9-18-10-7-14(8-11-18)17-13-5-3-12(4-6-13)15(16)19/h3-6,14,17H,2,7-11H2,1H3,(H2,16,19). The van der Waals surface area contributed by atoms with Crippen LogP contribution in [-0.4, -0.2) is 36.5 Å². The van der Waals surface area contributed by atoms with Crippen molar-refractivity contribution in [2.24, 2.45) is 5.73 Å². The van der Waals surface area contributed by atoms with E-state index in [1.807, 2.05) is 12.1 Å². The van der Waals surface area contributed by atoms with Crippen molar-refractivity contribution in [3.05, 3.63) is 29.8 Å². The fourth-order valence-corrected chi connectivity index (χ4v) is 2.58. The minimum Gasteiger partial charge on any atom is -0.382 e. The molecule has 1 aliphatic rings. The van der Waals surface area contributed by atoms with E-state index in [2.05, 4.69) is 17.1 Å². The maximum Gasteiger partial charge on any atom is 0.248 e. The SMILES string of the molecule is CCCN1CCC(Nc2ccc(C(N)=O)cc2)CC1. The van der Waals surface area contributed by atoms with Crippen molar-refractivity contribution >= 4 is 11.6 Å². The van der Waals surface area contributed by atoms with Gasteiger partial charge in [-0.2, -0.15) is 0 Å². The minimum absolute atomic E-state index is 0.376. The number of piperidine rings is 1. The lowest BCUT2D eigenvalue weighted by Gasteiger charge is -2.32. The Balaban J connectivity index is 1.83. The molecule has 0 aromatic heterocycles. The third kappa shape index (κ3) is 3.96. The predicted molar refractivity (Wildman–Crippen MR) is 78.3 cm³/mol. The van der Waals surface area contributed by atoms with Gasteiger partial charge in [0, 0.05) is 30.4 Å². The second-order valence-corrected chi connectivity index (χ2v) is 5.20. The van der Waals surface area contributed by atoms with Crippen molar-refractivity contribution in [3.8, 4) is 0 Å². The predicted octanol–water partition coefficient (Wildman–Crippen LogP) is 2.07. The summed E-state index contributed by atoms with van der Waals surface area (Å²) in [6, 6.07) is 7.94. The molecule has 1 aliphatic heterocycles. The molecule has 0 saturated carbocycles. The summed E-state index contributed by atoms with van der Waals surface area (Å²) >= 11 is 0. The summed E-state index contributed by atoms with van der Waals surface area (Å²) in [4.78, 5) is 13.5. The highest BCUT2D eigenvalue weighted by molar-refractivity contribution is 5.93. The van der Waals surface area contributed by atoms with E-state index in [0.29, 0.717) is 11.6 Å². The van der Waals surface area contributed by atoms with Crippen LogP contribution in [0.1, 0.15) is 36.5 Å². The highest BCUT2D eigenvalue weighted by atomic mass is 16.1. The number of nitrogens with one attached hydrogen (secondary N) is 1. The van der Waals surface area contributed by atoms with Crippen LogP contribution >= 0.6 is 0 Å². The van der Waals surface area contributed by atoms with Crippen molar-refractivity contribution in [1.82, 2.24) is 4.90 Å². The van der Waals surface area contributed by atoms with Crippen LogP contribution in [0.15, 0.2) is 24.3 Å². The molecule has 1 aromatic rings. The van der Waals surface area contributed by atoms with Crippen molar-refractivity contribution < 1.29 is 4.79 Å². The molecule has 19 heavy (non-hydrogen) atoms. The molecule has 1 saturated heterocycles. The third-order valence-corrected chi connectivity index (χ3v) is 3.67. The summed E-state index contributed by atoms with van der Waals surface area (Å²) in [7, 11) is 0. The van der Waals surface area contributed by atoms with E-state index in [-0.39, 0.29) is 5.91 Å². The number of hydrogen-bond acceptors (Lipinski definition) is 3. The van der Waals surface area contributed by atoms with Crippen LogP contribution in [-0.2, 0) is 0 Å². The van der Waals surface area contributed by atoms with Gasteiger partial charge in [-0.15, -0.1) is 0 Å². The van der Waals surface area contributed by atoms with Crippen LogP contribution in [0.2, 0.25) is 0 Å². The van der Waals surface area contributed by atoms with Gasteiger partial charge in [-0.3, -0.25) is 4.79 Å². The van der Waals surface area contributed by atoms with Gasteiger partial charge in [0.1, 0.15) is 0 Å². The third-order valence-electron chi connectivity index (χ3n) is 3.67. The quantitative estimate of drug-likeness (QED) is 0.853. The molecule has 0 atom stereocenters. The Morgan fingerprint density at radius 3 is 2.47 bits per heavy atom. The van der Waals surface area contributed by atoms with E-state index in [1.54, 1.807) is 12.1 Å². The highest BCUT2D eigenvalue weighted by Crippen LogP contribution is 2.17. The van der Waals surface area contributed by atoms with Crippen LogP contribution in [0.5, 0.6) is 0 Å². The molecule has 4 nitrogen and oxygen atoms in total. The number of carbonyl (C=O) groups is 1. The smallest absolute Gasteiger partial charge is 0.248 e. The summed E-state index contributed by atoms with van der Waals surface area (Å²) in [5.41, 5.74) is 6.85. The Hall–Kier alpha value is -1.55. The Morgan fingerprint density at radius 1 is 1.32 bits per heavy atom. The lowest BCUT2D eigenvalue weighted by atomic mass is 10.0. The number of primary amides is 1. The molecule has 0 radical (unpaired) electrons. The number of anilines is 1. The first-order valence-corrected chi connectivity index (χ1v) is 7.08. The van der Waals surface area contributed by atoms with Gasteiger partial charge in [0.15, 0.2) is 0 Å². The van der Waals surface area contributed by atoms with E-state index in [1.165, 1.54) is 38.9 Å². The largest absolute Gasteiger partial charge is 0.382 e. The molecule has 2 rings (SSSR count). The van der Waals surface area contributed by atoms with Crippen molar-refractivity contribution in [2.45, 2.75) is 32.2 Å². The number of benzene rings is 1. The summed E-state index contributed by atoms with van der Waals surface area (Å²) in [5, 5.41) is 3.53. The zero-order chi connectivity index (χ0) is 13.7. The van der Waals surface area contributed by atoms with Crippen molar-refractivity contribution in [2.75, 3.05) is 25.0 Å². The second-order valence-electron chi connectivity index (χ2n) is 5.20. The van der Waals surface area contributed by atoms with Crippen molar-refractivity contribution in [3.63, 3.8) is 0 Å². The fraction of sp³-hybridized carbons (Fsp3) is 0.533. The highest BCUT2D eigenvalue weighted by Gasteiger charge is 2.18. The Labute approximate surface area is 115 Å². The van der Waals surface area contributed by atoms with E-state index in [0.717, 1.165) is 5.69 Å². The van der Waals surface area contributed by atoms with Crippen LogP contribution < -0.4 is 11.1 Å². The number of likely N-dealkylation sites (tertiary alicyclic amines) is 1. The van der Waals surface area contributed by atoms with Gasteiger partial charge in [0.2, 0.25) is 5.91 Å². The van der Waals surface area contributed by atoms with Gasteiger partial charge < -0.3 is 16.0 Å². The molecule has 104 valence electrons. The molecule has 4 heteroatoms. The molecule has 3 N–H and O–H groups in total. The van der Waals surface area contributed by atoms with E-state index in [4.69, 9.17) is 5.73 Å². The van der Waals surface area contributed by atoms with Gasteiger partial charge in [0.25, 0.3) is 0 Å². The monoisotopic (exact) mass is 261 g/mol. The summed E-state index contributed by atoms with van der Waals surface area (Å²) in [6.07, 6.45) is 3.59. The molecule has 1 heterocycles. The Bertz CT molecular complexity index is 408. The molecular weight excluding hydrogens is 238 g/mol. The minimum atomic E-state index is -0.376. The zero-order valence-corrected chi connectivity index (χ0v) is 11.6. The number of hydrogen-bond donors (Lipinski definition) is 2. The fourth-order valence-electron chi connectivity index (χ4n) is 2.58.